The zero-order valence-corrected chi connectivity index (χ0v) is 8.69. The minimum atomic E-state index is -1.04. The van der Waals surface area contributed by atoms with Crippen molar-refractivity contribution in [2.24, 2.45) is 5.73 Å². The first-order chi connectivity index (χ1) is 6.94. The maximum Gasteiger partial charge on any atom is 0.269 e. The van der Waals surface area contributed by atoms with E-state index in [1.165, 1.54) is 12.1 Å². The Labute approximate surface area is 87.5 Å². The molecule has 1 rings (SSSR count). The van der Waals surface area contributed by atoms with Crippen LogP contribution in [0.5, 0.6) is 0 Å². The lowest BCUT2D eigenvalue weighted by Crippen LogP contribution is -2.33. The normalized spacial score (nSPS) is 14.3. The molecule has 0 radical (unpaired) electrons. The third-order valence-corrected chi connectivity index (χ3v) is 2.00. The Bertz CT molecular complexity index is 348. The lowest BCUT2D eigenvalue weighted by molar-refractivity contribution is 0.0857. The van der Waals surface area contributed by atoms with Crippen LogP contribution in [0.1, 0.15) is 30.8 Å². The van der Waals surface area contributed by atoms with Crippen molar-refractivity contribution in [1.29, 1.82) is 0 Å². The Balaban J connectivity index is 2.77. The summed E-state index contributed by atoms with van der Waals surface area (Å²) in [6.45, 7) is 3.45. The standard InChI is InChI=1S/C9H14N4O2/c1-3-9(2,15)11-7-5-4-6(8(10)14)12-13-7/h4-5,15H,3H2,1-2H3,(H2,10,14)(H,11,13). The van der Waals surface area contributed by atoms with Crippen LogP contribution in [0.3, 0.4) is 0 Å². The number of hydrogen-bond acceptors (Lipinski definition) is 5. The van der Waals surface area contributed by atoms with Crippen molar-refractivity contribution < 1.29 is 9.90 Å². The molecule has 0 saturated heterocycles. The van der Waals surface area contributed by atoms with Gasteiger partial charge in [0.2, 0.25) is 0 Å². The van der Waals surface area contributed by atoms with E-state index in [9.17, 15) is 9.90 Å². The predicted octanol–water partition coefficient (Wildman–Crippen LogP) is 0.106. The summed E-state index contributed by atoms with van der Waals surface area (Å²) in [5.74, 6) is -0.233. The summed E-state index contributed by atoms with van der Waals surface area (Å²) in [6.07, 6.45) is 0.520. The van der Waals surface area contributed by atoms with Crippen molar-refractivity contribution in [2.75, 3.05) is 5.32 Å². The number of carbonyl (C=O) groups excluding carboxylic acids is 1. The zero-order valence-electron chi connectivity index (χ0n) is 8.69. The number of aliphatic hydroxyl groups is 1. The van der Waals surface area contributed by atoms with Crippen LogP contribution in [0.4, 0.5) is 5.82 Å². The number of amides is 1. The van der Waals surface area contributed by atoms with Crippen molar-refractivity contribution in [1.82, 2.24) is 10.2 Å². The van der Waals surface area contributed by atoms with E-state index in [0.29, 0.717) is 12.2 Å². The molecular formula is C9H14N4O2. The van der Waals surface area contributed by atoms with Gasteiger partial charge >= 0.3 is 0 Å². The molecule has 1 heterocycles. The van der Waals surface area contributed by atoms with Crippen LogP contribution in [-0.2, 0) is 0 Å². The van der Waals surface area contributed by atoms with E-state index < -0.39 is 11.6 Å². The molecule has 0 fully saturated rings. The number of anilines is 1. The van der Waals surface area contributed by atoms with Gasteiger partial charge in [-0.25, -0.2) is 0 Å². The summed E-state index contributed by atoms with van der Waals surface area (Å²) in [4.78, 5) is 10.7. The van der Waals surface area contributed by atoms with Crippen molar-refractivity contribution in [3.63, 3.8) is 0 Å². The predicted molar refractivity (Wildman–Crippen MR) is 55.1 cm³/mol. The summed E-state index contributed by atoms with van der Waals surface area (Å²) < 4.78 is 0. The first-order valence-corrected chi connectivity index (χ1v) is 4.58. The Morgan fingerprint density at radius 2 is 2.27 bits per heavy atom. The Hall–Kier alpha value is -1.69. The summed E-state index contributed by atoms with van der Waals surface area (Å²) in [5.41, 5.74) is 4.06. The Kier molecular flexibility index (Phi) is 3.21. The van der Waals surface area contributed by atoms with Gasteiger partial charge in [0.25, 0.3) is 5.91 Å². The van der Waals surface area contributed by atoms with E-state index >= 15 is 0 Å². The second-order valence-corrected chi connectivity index (χ2v) is 3.42. The molecule has 15 heavy (non-hydrogen) atoms. The Morgan fingerprint density at radius 3 is 2.67 bits per heavy atom. The number of primary amides is 1. The molecule has 0 saturated carbocycles. The summed E-state index contributed by atoms with van der Waals surface area (Å²) in [5, 5.41) is 19.8. The highest BCUT2D eigenvalue weighted by molar-refractivity contribution is 5.90. The highest BCUT2D eigenvalue weighted by Crippen LogP contribution is 2.12. The molecule has 1 aromatic rings. The van der Waals surface area contributed by atoms with Gasteiger partial charge in [0.15, 0.2) is 11.5 Å². The van der Waals surface area contributed by atoms with E-state index in [0.717, 1.165) is 0 Å². The van der Waals surface area contributed by atoms with Crippen molar-refractivity contribution in [3.05, 3.63) is 17.8 Å². The van der Waals surface area contributed by atoms with Gasteiger partial charge < -0.3 is 16.2 Å². The van der Waals surface area contributed by atoms with E-state index in [1.54, 1.807) is 6.92 Å². The van der Waals surface area contributed by atoms with E-state index in [1.807, 2.05) is 6.92 Å². The molecule has 0 bridgehead atoms. The maximum absolute atomic E-state index is 10.7. The molecule has 82 valence electrons. The number of aromatic nitrogens is 2. The first-order valence-electron chi connectivity index (χ1n) is 4.58. The number of rotatable bonds is 4. The first kappa shape index (κ1) is 11.4. The maximum atomic E-state index is 10.7. The van der Waals surface area contributed by atoms with Gasteiger partial charge in [0, 0.05) is 0 Å². The fourth-order valence-electron chi connectivity index (χ4n) is 0.895. The Morgan fingerprint density at radius 1 is 1.60 bits per heavy atom. The van der Waals surface area contributed by atoms with Gasteiger partial charge in [-0.2, -0.15) is 0 Å². The van der Waals surface area contributed by atoms with Crippen LogP contribution in [0.25, 0.3) is 0 Å². The van der Waals surface area contributed by atoms with Gasteiger partial charge in [0.05, 0.1) is 0 Å². The van der Waals surface area contributed by atoms with Crippen molar-refractivity contribution >= 4 is 11.7 Å². The average molecular weight is 210 g/mol. The van der Waals surface area contributed by atoms with E-state index in [2.05, 4.69) is 15.5 Å². The number of nitrogens with two attached hydrogens (primary N) is 1. The topological polar surface area (TPSA) is 101 Å². The number of nitrogens with one attached hydrogen (secondary N) is 1. The van der Waals surface area contributed by atoms with Gasteiger partial charge in [-0.15, -0.1) is 10.2 Å². The van der Waals surface area contributed by atoms with Crippen LogP contribution in [-0.4, -0.2) is 26.9 Å². The molecule has 0 aliphatic carbocycles. The van der Waals surface area contributed by atoms with Crippen LogP contribution in [0.2, 0.25) is 0 Å². The number of nitrogens with zero attached hydrogens (tertiary/aromatic N) is 2. The molecular weight excluding hydrogens is 196 g/mol. The second-order valence-electron chi connectivity index (χ2n) is 3.42. The van der Waals surface area contributed by atoms with Gasteiger partial charge in [-0.3, -0.25) is 4.79 Å². The van der Waals surface area contributed by atoms with Crippen LogP contribution in [0.15, 0.2) is 12.1 Å². The van der Waals surface area contributed by atoms with Gasteiger partial charge in [-0.1, -0.05) is 6.92 Å². The minimum Gasteiger partial charge on any atom is -0.371 e. The van der Waals surface area contributed by atoms with Crippen LogP contribution >= 0.6 is 0 Å². The largest absolute Gasteiger partial charge is 0.371 e. The summed E-state index contributed by atoms with van der Waals surface area (Å²) in [7, 11) is 0. The highest BCUT2D eigenvalue weighted by Gasteiger charge is 2.17. The molecule has 1 atom stereocenters. The van der Waals surface area contributed by atoms with Crippen molar-refractivity contribution in [3.8, 4) is 0 Å². The lowest BCUT2D eigenvalue weighted by atomic mass is 10.2. The molecule has 4 N–H and O–H groups in total. The molecule has 6 nitrogen and oxygen atoms in total. The number of hydrogen-bond donors (Lipinski definition) is 3. The monoisotopic (exact) mass is 210 g/mol. The lowest BCUT2D eigenvalue weighted by Gasteiger charge is -2.23. The minimum absolute atomic E-state index is 0.0942. The fraction of sp³-hybridized carbons (Fsp3) is 0.444. The smallest absolute Gasteiger partial charge is 0.269 e. The molecule has 0 aliphatic rings. The molecule has 0 aliphatic heterocycles. The molecule has 1 amide bonds. The fourth-order valence-corrected chi connectivity index (χ4v) is 0.895. The summed E-state index contributed by atoms with van der Waals surface area (Å²) in [6, 6.07) is 2.99. The highest BCUT2D eigenvalue weighted by atomic mass is 16.3. The molecule has 0 spiro atoms. The SMILES string of the molecule is CCC(C)(O)Nc1ccc(C(N)=O)nn1. The molecule has 1 unspecified atom stereocenters. The third-order valence-electron chi connectivity index (χ3n) is 2.00. The van der Waals surface area contributed by atoms with E-state index in [-0.39, 0.29) is 5.69 Å². The second kappa shape index (κ2) is 4.22. The number of carbonyl (C=O) groups is 1. The molecule has 1 aromatic heterocycles. The molecule has 0 aromatic carbocycles. The van der Waals surface area contributed by atoms with Gasteiger partial charge in [0.1, 0.15) is 5.72 Å². The van der Waals surface area contributed by atoms with E-state index in [4.69, 9.17) is 5.73 Å². The van der Waals surface area contributed by atoms with Crippen molar-refractivity contribution in [2.45, 2.75) is 26.0 Å². The van der Waals surface area contributed by atoms with Crippen LogP contribution < -0.4 is 11.1 Å². The van der Waals surface area contributed by atoms with Gasteiger partial charge in [-0.05, 0) is 25.5 Å². The molecule has 6 heteroatoms. The van der Waals surface area contributed by atoms with Crippen LogP contribution in [0, 0.1) is 0 Å². The average Bonchev–Trinajstić information content (AvgIpc) is 2.18. The quantitative estimate of drug-likeness (QED) is 0.612. The third kappa shape index (κ3) is 3.17. The summed E-state index contributed by atoms with van der Waals surface area (Å²) >= 11 is 0. The zero-order chi connectivity index (χ0) is 11.5.